The molecule has 2 aromatic heterocycles. The van der Waals surface area contributed by atoms with Gasteiger partial charge in [0.15, 0.2) is 0 Å². The summed E-state index contributed by atoms with van der Waals surface area (Å²) in [4.78, 5) is 19.4. The molecule has 6 heteroatoms. The molecular weight excluding hydrogens is 286 g/mol. The fourth-order valence-corrected chi connectivity index (χ4v) is 3.84. The molecule has 1 aliphatic rings. The smallest absolute Gasteiger partial charge is 0.224 e. The van der Waals surface area contributed by atoms with Crippen LogP contribution in [0.15, 0.2) is 24.5 Å². The van der Waals surface area contributed by atoms with Gasteiger partial charge in [0.2, 0.25) is 5.91 Å². The second-order valence-electron chi connectivity index (χ2n) is 5.50. The molecule has 0 radical (unpaired) electrons. The van der Waals surface area contributed by atoms with Crippen LogP contribution < -0.4 is 5.32 Å². The molecule has 21 heavy (non-hydrogen) atoms. The second-order valence-corrected chi connectivity index (χ2v) is 6.73. The standard InChI is InChI=1S/C15H19N3O2S/c19-13(18-10-15(20)3-6-21-7-4-15)8-11-9-17-14-12(11)2-1-5-16-14/h1-2,5,9,20H,3-4,6-8,10H2,(H,16,17)(H,18,19). The first kappa shape index (κ1) is 14.4. The van der Waals surface area contributed by atoms with Crippen LogP contribution in [0.1, 0.15) is 18.4 Å². The number of fused-ring (bicyclic) bond motifs is 1. The fraction of sp³-hybridized carbons (Fsp3) is 0.467. The molecule has 112 valence electrons. The number of thioether (sulfide) groups is 1. The highest BCUT2D eigenvalue weighted by atomic mass is 32.2. The van der Waals surface area contributed by atoms with Crippen LogP contribution in [0.2, 0.25) is 0 Å². The first-order valence-corrected chi connectivity index (χ1v) is 8.30. The van der Waals surface area contributed by atoms with Crippen molar-refractivity contribution in [3.63, 3.8) is 0 Å². The molecule has 0 saturated carbocycles. The summed E-state index contributed by atoms with van der Waals surface area (Å²) in [6.45, 7) is 0.340. The lowest BCUT2D eigenvalue weighted by Crippen LogP contribution is -2.45. The highest BCUT2D eigenvalue weighted by Gasteiger charge is 2.29. The summed E-state index contributed by atoms with van der Waals surface area (Å²) in [5.41, 5.74) is 0.993. The van der Waals surface area contributed by atoms with Crippen molar-refractivity contribution in [2.24, 2.45) is 0 Å². The number of amides is 1. The number of aromatic nitrogens is 2. The average Bonchev–Trinajstić information content (AvgIpc) is 2.90. The number of carbonyl (C=O) groups excluding carboxylic acids is 1. The van der Waals surface area contributed by atoms with E-state index in [2.05, 4.69) is 15.3 Å². The minimum Gasteiger partial charge on any atom is -0.388 e. The maximum absolute atomic E-state index is 12.1. The lowest BCUT2D eigenvalue weighted by molar-refractivity contribution is -0.121. The van der Waals surface area contributed by atoms with E-state index in [4.69, 9.17) is 0 Å². The third-order valence-electron chi connectivity index (χ3n) is 3.93. The summed E-state index contributed by atoms with van der Waals surface area (Å²) in [5.74, 6) is 1.85. The third-order valence-corrected chi connectivity index (χ3v) is 4.91. The number of carbonyl (C=O) groups is 1. The van der Waals surface area contributed by atoms with Crippen LogP contribution in [0.5, 0.6) is 0 Å². The lowest BCUT2D eigenvalue weighted by atomic mass is 9.97. The molecular formula is C15H19N3O2S. The molecule has 1 amide bonds. The lowest BCUT2D eigenvalue weighted by Gasteiger charge is -2.31. The van der Waals surface area contributed by atoms with Crippen LogP contribution in [-0.4, -0.2) is 44.6 Å². The molecule has 1 aliphatic heterocycles. The summed E-state index contributed by atoms with van der Waals surface area (Å²) < 4.78 is 0. The Balaban J connectivity index is 1.59. The number of aromatic amines is 1. The first-order chi connectivity index (χ1) is 10.2. The molecule has 0 bridgehead atoms. The van der Waals surface area contributed by atoms with E-state index in [1.807, 2.05) is 30.1 Å². The van der Waals surface area contributed by atoms with Crippen molar-refractivity contribution in [1.82, 2.24) is 15.3 Å². The Hall–Kier alpha value is -1.53. The molecule has 3 heterocycles. The molecule has 0 unspecified atom stereocenters. The number of pyridine rings is 1. The van der Waals surface area contributed by atoms with Gasteiger partial charge in [-0.3, -0.25) is 4.79 Å². The van der Waals surface area contributed by atoms with Crippen molar-refractivity contribution < 1.29 is 9.90 Å². The van der Waals surface area contributed by atoms with Crippen LogP contribution in [-0.2, 0) is 11.2 Å². The predicted molar refractivity (Wildman–Crippen MR) is 84.3 cm³/mol. The van der Waals surface area contributed by atoms with Gasteiger partial charge in [-0.2, -0.15) is 11.8 Å². The van der Waals surface area contributed by atoms with E-state index < -0.39 is 5.60 Å². The number of H-pyrrole nitrogens is 1. The molecule has 0 spiro atoms. The quantitative estimate of drug-likeness (QED) is 0.799. The number of nitrogens with one attached hydrogen (secondary N) is 2. The Morgan fingerprint density at radius 2 is 2.29 bits per heavy atom. The van der Waals surface area contributed by atoms with Gasteiger partial charge < -0.3 is 15.4 Å². The summed E-state index contributed by atoms with van der Waals surface area (Å²) >= 11 is 1.85. The van der Waals surface area contributed by atoms with Crippen molar-refractivity contribution in [2.45, 2.75) is 24.9 Å². The summed E-state index contributed by atoms with van der Waals surface area (Å²) in [6.07, 6.45) is 5.34. The number of hydrogen-bond donors (Lipinski definition) is 3. The van der Waals surface area contributed by atoms with Crippen LogP contribution in [0.4, 0.5) is 0 Å². The molecule has 1 saturated heterocycles. The number of rotatable bonds is 4. The largest absolute Gasteiger partial charge is 0.388 e. The Kier molecular flexibility index (Phi) is 4.17. The van der Waals surface area contributed by atoms with Crippen LogP contribution in [0, 0.1) is 0 Å². The first-order valence-electron chi connectivity index (χ1n) is 7.14. The van der Waals surface area contributed by atoms with E-state index in [9.17, 15) is 9.90 Å². The summed E-state index contributed by atoms with van der Waals surface area (Å²) in [5, 5.41) is 14.2. The van der Waals surface area contributed by atoms with E-state index in [1.165, 1.54) is 0 Å². The van der Waals surface area contributed by atoms with Gasteiger partial charge in [-0.05, 0) is 42.0 Å². The maximum Gasteiger partial charge on any atom is 0.224 e. The van der Waals surface area contributed by atoms with Gasteiger partial charge in [-0.25, -0.2) is 4.98 Å². The molecule has 5 nitrogen and oxygen atoms in total. The molecule has 1 fully saturated rings. The average molecular weight is 305 g/mol. The van der Waals surface area contributed by atoms with Crippen molar-refractivity contribution >= 4 is 28.7 Å². The van der Waals surface area contributed by atoms with Crippen molar-refractivity contribution in [1.29, 1.82) is 0 Å². The van der Waals surface area contributed by atoms with Crippen molar-refractivity contribution in [3.05, 3.63) is 30.1 Å². The van der Waals surface area contributed by atoms with Gasteiger partial charge >= 0.3 is 0 Å². The zero-order chi connectivity index (χ0) is 14.7. The minimum absolute atomic E-state index is 0.0635. The van der Waals surface area contributed by atoms with Crippen molar-refractivity contribution in [3.8, 4) is 0 Å². The van der Waals surface area contributed by atoms with Gasteiger partial charge in [0, 0.05) is 24.3 Å². The summed E-state index contributed by atoms with van der Waals surface area (Å²) in [6, 6.07) is 3.81. The zero-order valence-corrected chi connectivity index (χ0v) is 12.6. The van der Waals surface area contributed by atoms with Crippen LogP contribution in [0.25, 0.3) is 11.0 Å². The Morgan fingerprint density at radius 1 is 1.48 bits per heavy atom. The monoisotopic (exact) mass is 305 g/mol. The van der Waals surface area contributed by atoms with Gasteiger partial charge in [-0.1, -0.05) is 0 Å². The van der Waals surface area contributed by atoms with Gasteiger partial charge in [-0.15, -0.1) is 0 Å². The summed E-state index contributed by atoms with van der Waals surface area (Å²) in [7, 11) is 0. The maximum atomic E-state index is 12.1. The normalized spacial score (nSPS) is 17.8. The molecule has 0 aromatic carbocycles. The van der Waals surface area contributed by atoms with Crippen molar-refractivity contribution in [2.75, 3.05) is 18.1 Å². The van der Waals surface area contributed by atoms with Gasteiger partial charge in [0.25, 0.3) is 0 Å². The van der Waals surface area contributed by atoms with E-state index >= 15 is 0 Å². The molecule has 0 aliphatic carbocycles. The third kappa shape index (κ3) is 3.39. The van der Waals surface area contributed by atoms with E-state index in [1.54, 1.807) is 6.20 Å². The molecule has 3 rings (SSSR count). The van der Waals surface area contributed by atoms with E-state index in [0.717, 1.165) is 40.9 Å². The fourth-order valence-electron chi connectivity index (χ4n) is 2.59. The highest BCUT2D eigenvalue weighted by Crippen LogP contribution is 2.26. The Labute approximate surface area is 127 Å². The molecule has 0 atom stereocenters. The van der Waals surface area contributed by atoms with Crippen LogP contribution in [0.3, 0.4) is 0 Å². The Bertz CT molecular complexity index is 635. The highest BCUT2D eigenvalue weighted by molar-refractivity contribution is 7.99. The van der Waals surface area contributed by atoms with Gasteiger partial charge in [0.1, 0.15) is 5.65 Å². The Morgan fingerprint density at radius 3 is 3.10 bits per heavy atom. The van der Waals surface area contributed by atoms with E-state index in [-0.39, 0.29) is 5.91 Å². The number of hydrogen-bond acceptors (Lipinski definition) is 4. The number of aliphatic hydroxyl groups is 1. The zero-order valence-electron chi connectivity index (χ0n) is 11.8. The SMILES string of the molecule is O=C(Cc1c[nH]c2ncccc12)NCC1(O)CCSCC1. The van der Waals surface area contributed by atoms with Gasteiger partial charge in [0.05, 0.1) is 12.0 Å². The minimum atomic E-state index is -0.733. The second kappa shape index (κ2) is 6.07. The number of nitrogens with zero attached hydrogens (tertiary/aromatic N) is 1. The predicted octanol–water partition coefficient (Wildman–Crippen LogP) is 1.48. The van der Waals surface area contributed by atoms with E-state index in [0.29, 0.717) is 13.0 Å². The van der Waals surface area contributed by atoms with Crippen LogP contribution >= 0.6 is 11.8 Å². The molecule has 2 aromatic rings. The topological polar surface area (TPSA) is 78.0 Å². The molecule has 3 N–H and O–H groups in total.